The standard InChI is InChI=1S/C61H115NO5/c1-3-5-7-9-11-13-15-17-18-19-20-21-22-23-26-30-33-37-41-45-49-53-59(64)58(57-63)62-60(65)54-50-46-42-38-34-31-27-24-25-28-32-36-40-44-48-52-56-67-61(66)55-51-47-43-39-35-29-16-14-12-10-8-6-4-2/h8,10,14,16,49,53,58-59,63-64H,3-7,9,11-13,15,17-48,50-52,54-57H2,1-2H3,(H,62,65)/b10-8-,16-14-,53-49+. The van der Waals surface area contributed by atoms with Gasteiger partial charge in [-0.1, -0.05) is 281 Å². The lowest BCUT2D eigenvalue weighted by molar-refractivity contribution is -0.143. The van der Waals surface area contributed by atoms with E-state index in [1.54, 1.807) is 6.08 Å². The zero-order valence-electron chi connectivity index (χ0n) is 44.9. The first kappa shape index (κ1) is 65.1. The van der Waals surface area contributed by atoms with E-state index in [9.17, 15) is 19.8 Å². The minimum atomic E-state index is -0.851. The molecule has 0 radical (unpaired) electrons. The highest BCUT2D eigenvalue weighted by molar-refractivity contribution is 5.76. The average Bonchev–Trinajstić information content (AvgIpc) is 3.33. The van der Waals surface area contributed by atoms with Crippen molar-refractivity contribution in [2.24, 2.45) is 0 Å². The maximum absolute atomic E-state index is 12.5. The highest BCUT2D eigenvalue weighted by Gasteiger charge is 2.18. The van der Waals surface area contributed by atoms with Gasteiger partial charge >= 0.3 is 5.97 Å². The van der Waals surface area contributed by atoms with Crippen molar-refractivity contribution in [1.82, 2.24) is 5.32 Å². The second-order valence-corrected chi connectivity index (χ2v) is 20.3. The van der Waals surface area contributed by atoms with Gasteiger partial charge in [0, 0.05) is 12.8 Å². The number of hydrogen-bond acceptors (Lipinski definition) is 5. The number of carbonyl (C=O) groups excluding carboxylic acids is 2. The molecule has 67 heavy (non-hydrogen) atoms. The Morgan fingerprint density at radius 2 is 0.776 bits per heavy atom. The van der Waals surface area contributed by atoms with E-state index in [0.717, 1.165) is 57.8 Å². The predicted molar refractivity (Wildman–Crippen MR) is 292 cm³/mol. The molecule has 0 aromatic carbocycles. The van der Waals surface area contributed by atoms with Gasteiger partial charge in [-0.2, -0.15) is 0 Å². The molecule has 6 nitrogen and oxygen atoms in total. The first-order chi connectivity index (χ1) is 33.0. The Hall–Kier alpha value is -1.92. The molecule has 2 atom stereocenters. The van der Waals surface area contributed by atoms with Crippen molar-refractivity contribution >= 4 is 11.9 Å². The summed E-state index contributed by atoms with van der Waals surface area (Å²) in [5.74, 6) is -0.0861. The van der Waals surface area contributed by atoms with Crippen LogP contribution in [0.3, 0.4) is 0 Å². The number of aliphatic hydroxyl groups excluding tert-OH is 2. The summed E-state index contributed by atoms with van der Waals surface area (Å²) < 4.78 is 5.46. The third kappa shape index (κ3) is 53.3. The third-order valence-electron chi connectivity index (χ3n) is 13.6. The Kier molecular flexibility index (Phi) is 55.0. The quantitative estimate of drug-likeness (QED) is 0.0321. The molecular formula is C61H115NO5. The molecule has 0 bridgehead atoms. The molecule has 2 unspecified atom stereocenters. The van der Waals surface area contributed by atoms with E-state index < -0.39 is 12.1 Å². The molecule has 0 spiro atoms. The number of aliphatic hydroxyl groups is 2. The Morgan fingerprint density at radius 3 is 1.19 bits per heavy atom. The zero-order chi connectivity index (χ0) is 48.6. The molecule has 3 N–H and O–H groups in total. The number of nitrogens with one attached hydrogen (secondary N) is 1. The topological polar surface area (TPSA) is 95.9 Å². The van der Waals surface area contributed by atoms with Crippen LogP contribution in [0.15, 0.2) is 36.5 Å². The van der Waals surface area contributed by atoms with Gasteiger partial charge in [0.25, 0.3) is 0 Å². The van der Waals surface area contributed by atoms with Crippen molar-refractivity contribution < 1.29 is 24.5 Å². The summed E-state index contributed by atoms with van der Waals surface area (Å²) in [6.45, 7) is 4.83. The maximum atomic E-state index is 12.5. The first-order valence-corrected chi connectivity index (χ1v) is 29.8. The average molecular weight is 943 g/mol. The van der Waals surface area contributed by atoms with Crippen molar-refractivity contribution in [3.8, 4) is 0 Å². The Morgan fingerprint density at radius 1 is 0.418 bits per heavy atom. The van der Waals surface area contributed by atoms with Crippen molar-refractivity contribution in [2.45, 2.75) is 328 Å². The summed E-state index contributed by atoms with van der Waals surface area (Å²) in [6, 6.07) is -0.635. The Labute approximate surface area is 417 Å². The Bertz CT molecular complexity index is 1090. The number of hydrogen-bond donors (Lipinski definition) is 3. The maximum Gasteiger partial charge on any atom is 0.305 e. The third-order valence-corrected chi connectivity index (χ3v) is 13.6. The molecule has 0 aromatic heterocycles. The molecule has 0 aliphatic heterocycles. The minimum absolute atomic E-state index is 0.0131. The fourth-order valence-electron chi connectivity index (χ4n) is 9.08. The molecular weight excluding hydrogens is 827 g/mol. The van der Waals surface area contributed by atoms with Crippen LogP contribution in [0.4, 0.5) is 0 Å². The summed E-state index contributed by atoms with van der Waals surface area (Å²) >= 11 is 0. The van der Waals surface area contributed by atoms with Crippen molar-refractivity contribution in [1.29, 1.82) is 0 Å². The number of rotatable bonds is 55. The van der Waals surface area contributed by atoms with Crippen molar-refractivity contribution in [3.63, 3.8) is 0 Å². The zero-order valence-corrected chi connectivity index (χ0v) is 44.9. The largest absolute Gasteiger partial charge is 0.466 e. The van der Waals surface area contributed by atoms with Crippen LogP contribution in [0.25, 0.3) is 0 Å². The second-order valence-electron chi connectivity index (χ2n) is 20.3. The second kappa shape index (κ2) is 56.7. The van der Waals surface area contributed by atoms with E-state index in [1.807, 2.05) is 6.08 Å². The number of amides is 1. The fraction of sp³-hybridized carbons (Fsp3) is 0.869. The summed E-state index contributed by atoms with van der Waals surface area (Å²) in [4.78, 5) is 24.5. The van der Waals surface area contributed by atoms with E-state index in [0.29, 0.717) is 19.4 Å². The number of unbranched alkanes of at least 4 members (excludes halogenated alkanes) is 40. The number of allylic oxidation sites excluding steroid dienone is 5. The van der Waals surface area contributed by atoms with Crippen LogP contribution in [-0.4, -0.2) is 47.4 Å². The van der Waals surface area contributed by atoms with Gasteiger partial charge in [0.05, 0.1) is 25.4 Å². The van der Waals surface area contributed by atoms with Crippen LogP contribution in [0.5, 0.6) is 0 Å². The summed E-state index contributed by atoms with van der Waals surface area (Å²) in [5, 5.41) is 23.2. The van der Waals surface area contributed by atoms with Gasteiger partial charge in [0.15, 0.2) is 0 Å². The molecule has 0 rings (SSSR count). The van der Waals surface area contributed by atoms with E-state index in [1.165, 1.54) is 231 Å². The van der Waals surface area contributed by atoms with Gasteiger partial charge in [-0.05, 0) is 57.8 Å². The molecule has 0 saturated carbocycles. The molecule has 0 fully saturated rings. The van der Waals surface area contributed by atoms with Gasteiger partial charge in [-0.3, -0.25) is 9.59 Å². The van der Waals surface area contributed by atoms with Gasteiger partial charge in [-0.25, -0.2) is 0 Å². The van der Waals surface area contributed by atoms with Crippen LogP contribution in [-0.2, 0) is 14.3 Å². The van der Waals surface area contributed by atoms with Crippen LogP contribution in [0, 0.1) is 0 Å². The van der Waals surface area contributed by atoms with Gasteiger partial charge in [0.1, 0.15) is 0 Å². The van der Waals surface area contributed by atoms with Crippen molar-refractivity contribution in [2.75, 3.05) is 13.2 Å². The van der Waals surface area contributed by atoms with E-state index in [2.05, 4.69) is 43.5 Å². The smallest absolute Gasteiger partial charge is 0.305 e. The van der Waals surface area contributed by atoms with E-state index >= 15 is 0 Å². The highest BCUT2D eigenvalue weighted by Crippen LogP contribution is 2.17. The normalized spacial score (nSPS) is 12.8. The summed E-state index contributed by atoms with van der Waals surface area (Å²) in [7, 11) is 0. The number of ether oxygens (including phenoxy) is 1. The summed E-state index contributed by atoms with van der Waals surface area (Å²) in [5.41, 5.74) is 0. The molecule has 394 valence electrons. The van der Waals surface area contributed by atoms with Gasteiger partial charge in [-0.15, -0.1) is 0 Å². The van der Waals surface area contributed by atoms with Crippen molar-refractivity contribution in [3.05, 3.63) is 36.5 Å². The molecule has 0 saturated heterocycles. The molecule has 6 heteroatoms. The van der Waals surface area contributed by atoms with E-state index in [4.69, 9.17) is 4.74 Å². The van der Waals surface area contributed by atoms with Gasteiger partial charge in [0.2, 0.25) is 5.91 Å². The minimum Gasteiger partial charge on any atom is -0.466 e. The molecule has 0 heterocycles. The number of carbonyl (C=O) groups is 2. The fourth-order valence-corrected chi connectivity index (χ4v) is 9.08. The highest BCUT2D eigenvalue weighted by atomic mass is 16.5. The lowest BCUT2D eigenvalue weighted by Gasteiger charge is -2.20. The predicted octanol–water partition coefficient (Wildman–Crippen LogP) is 18.4. The Balaban J connectivity index is 3.47. The molecule has 0 aliphatic rings. The SMILES string of the molecule is CCC/C=C\C/C=C\CCCCCCCC(=O)OCCCCCCCCCCCCCCCCCCC(=O)NC(CO)C(O)/C=C/CCCCCCCCCCCCCCCCCCCCC. The van der Waals surface area contributed by atoms with E-state index in [-0.39, 0.29) is 18.5 Å². The van der Waals surface area contributed by atoms with Crippen LogP contribution >= 0.6 is 0 Å². The van der Waals surface area contributed by atoms with Gasteiger partial charge < -0.3 is 20.3 Å². The van der Waals surface area contributed by atoms with Crippen LogP contribution in [0.2, 0.25) is 0 Å². The monoisotopic (exact) mass is 942 g/mol. The number of esters is 1. The van der Waals surface area contributed by atoms with Crippen LogP contribution in [0.1, 0.15) is 316 Å². The molecule has 0 aliphatic carbocycles. The molecule has 1 amide bonds. The lowest BCUT2D eigenvalue weighted by Crippen LogP contribution is -2.45. The first-order valence-electron chi connectivity index (χ1n) is 29.8. The van der Waals surface area contributed by atoms with Crippen LogP contribution < -0.4 is 5.32 Å². The lowest BCUT2D eigenvalue weighted by atomic mass is 10.0. The summed E-state index contributed by atoms with van der Waals surface area (Å²) in [6.07, 6.45) is 70.2. The molecule has 0 aromatic rings.